The number of rotatable bonds is 4. The fourth-order valence-electron chi connectivity index (χ4n) is 1.33. The van der Waals surface area contributed by atoms with E-state index >= 15 is 0 Å². The molecule has 1 unspecified atom stereocenters. The summed E-state index contributed by atoms with van der Waals surface area (Å²) < 4.78 is 13.1. The number of hydrogen-bond donors (Lipinski definition) is 2. The van der Waals surface area contributed by atoms with E-state index in [-0.39, 0.29) is 28.4 Å². The lowest BCUT2D eigenvalue weighted by Crippen LogP contribution is -2.28. The molecule has 0 saturated heterocycles. The molecule has 0 bridgehead atoms. The van der Waals surface area contributed by atoms with Crippen LogP contribution in [0.5, 0.6) is 0 Å². The Morgan fingerprint density at radius 3 is 2.41 bits per heavy atom. The first-order valence-electron chi connectivity index (χ1n) is 5.15. The predicted octanol–water partition coefficient (Wildman–Crippen LogP) is 3.06. The van der Waals surface area contributed by atoms with Gasteiger partial charge in [-0.1, -0.05) is 30.1 Å². The summed E-state index contributed by atoms with van der Waals surface area (Å²) >= 11 is 11.2. The van der Waals surface area contributed by atoms with Gasteiger partial charge >= 0.3 is 0 Å². The molecule has 1 atom stereocenters. The molecule has 0 aliphatic carbocycles. The predicted molar refractivity (Wildman–Crippen MR) is 67.9 cm³/mol. The minimum absolute atomic E-state index is 0.131. The molecule has 0 aliphatic rings. The van der Waals surface area contributed by atoms with Crippen LogP contribution in [0.15, 0.2) is 12.1 Å². The average molecular weight is 279 g/mol. The molecule has 0 saturated carbocycles. The number of hydrogen-bond acceptors (Lipinski definition) is 2. The third-order valence-corrected chi connectivity index (χ3v) is 2.95. The second-order valence-corrected chi connectivity index (χ2v) is 4.40. The first kappa shape index (κ1) is 14.2. The van der Waals surface area contributed by atoms with Gasteiger partial charge in [0.25, 0.3) is 0 Å². The molecule has 1 aromatic rings. The number of carbonyl (C=O) groups excluding carboxylic acids is 1. The van der Waals surface area contributed by atoms with E-state index in [1.54, 1.807) is 0 Å². The van der Waals surface area contributed by atoms with Crippen molar-refractivity contribution in [2.45, 2.75) is 13.3 Å². The summed E-state index contributed by atoms with van der Waals surface area (Å²) in [6, 6.07) is 2.62. The third kappa shape index (κ3) is 3.56. The maximum atomic E-state index is 13.1. The highest BCUT2D eigenvalue weighted by Crippen LogP contribution is 2.27. The number of halogens is 3. The first-order chi connectivity index (χ1) is 7.99. The Balaban J connectivity index is 2.85. The second kappa shape index (κ2) is 6.19. The quantitative estimate of drug-likeness (QED) is 0.832. The van der Waals surface area contributed by atoms with Crippen molar-refractivity contribution in [3.05, 3.63) is 28.0 Å². The van der Waals surface area contributed by atoms with Crippen molar-refractivity contribution in [2.24, 2.45) is 11.7 Å². The lowest BCUT2D eigenvalue weighted by atomic mass is 10.1. The van der Waals surface area contributed by atoms with Crippen LogP contribution in [0.3, 0.4) is 0 Å². The Hall–Kier alpha value is -0.840. The summed E-state index contributed by atoms with van der Waals surface area (Å²) in [6.45, 7) is 2.12. The van der Waals surface area contributed by atoms with Crippen LogP contribution in [0.1, 0.15) is 13.3 Å². The molecular formula is C11H13Cl2FN2O. The summed E-state index contributed by atoms with van der Waals surface area (Å²) in [6.07, 6.45) is 0.630. The SMILES string of the molecule is CCC(CN)C(=O)Nc1cc(Cl)c(F)c(Cl)c1. The molecule has 0 aromatic heterocycles. The van der Waals surface area contributed by atoms with Gasteiger partial charge in [0.15, 0.2) is 5.82 Å². The Labute approximate surface area is 109 Å². The summed E-state index contributed by atoms with van der Waals surface area (Å²) in [5.41, 5.74) is 5.81. The van der Waals surface area contributed by atoms with E-state index in [4.69, 9.17) is 28.9 Å². The highest BCUT2D eigenvalue weighted by molar-refractivity contribution is 6.35. The summed E-state index contributed by atoms with van der Waals surface area (Å²) in [4.78, 5) is 11.7. The van der Waals surface area contributed by atoms with Crippen LogP contribution in [-0.4, -0.2) is 12.5 Å². The normalized spacial score (nSPS) is 12.3. The van der Waals surface area contributed by atoms with Crippen molar-refractivity contribution in [1.29, 1.82) is 0 Å². The van der Waals surface area contributed by atoms with E-state index in [0.717, 1.165) is 0 Å². The molecule has 0 spiro atoms. The van der Waals surface area contributed by atoms with Crippen LogP contribution in [0.4, 0.5) is 10.1 Å². The molecule has 17 heavy (non-hydrogen) atoms. The molecule has 6 heteroatoms. The summed E-state index contributed by atoms with van der Waals surface area (Å²) in [5.74, 6) is -1.21. The number of nitrogens with two attached hydrogens (primary N) is 1. The van der Waals surface area contributed by atoms with Gasteiger partial charge in [-0.15, -0.1) is 0 Å². The van der Waals surface area contributed by atoms with Gasteiger partial charge in [-0.25, -0.2) is 4.39 Å². The van der Waals surface area contributed by atoms with Crippen LogP contribution in [0, 0.1) is 11.7 Å². The maximum Gasteiger partial charge on any atom is 0.228 e. The van der Waals surface area contributed by atoms with Gasteiger partial charge in [-0.2, -0.15) is 0 Å². The fraction of sp³-hybridized carbons (Fsp3) is 0.364. The monoisotopic (exact) mass is 278 g/mol. The van der Waals surface area contributed by atoms with Gasteiger partial charge in [0.1, 0.15) is 0 Å². The highest BCUT2D eigenvalue weighted by atomic mass is 35.5. The molecule has 1 aromatic carbocycles. The molecule has 1 rings (SSSR count). The van der Waals surface area contributed by atoms with Crippen molar-refractivity contribution in [2.75, 3.05) is 11.9 Å². The molecule has 0 fully saturated rings. The molecule has 0 aliphatic heterocycles. The minimum Gasteiger partial charge on any atom is -0.330 e. The smallest absolute Gasteiger partial charge is 0.228 e. The van der Waals surface area contributed by atoms with E-state index < -0.39 is 5.82 Å². The number of carbonyl (C=O) groups is 1. The van der Waals surface area contributed by atoms with Gasteiger partial charge in [0.05, 0.1) is 16.0 Å². The summed E-state index contributed by atoms with van der Waals surface area (Å²) in [7, 11) is 0. The Morgan fingerprint density at radius 1 is 1.47 bits per heavy atom. The molecule has 3 N–H and O–H groups in total. The Bertz CT molecular complexity index is 399. The van der Waals surface area contributed by atoms with E-state index in [1.807, 2.05) is 6.92 Å². The first-order valence-corrected chi connectivity index (χ1v) is 5.90. The molecular weight excluding hydrogens is 266 g/mol. The van der Waals surface area contributed by atoms with E-state index in [2.05, 4.69) is 5.32 Å². The van der Waals surface area contributed by atoms with Crippen molar-refractivity contribution in [3.63, 3.8) is 0 Å². The highest BCUT2D eigenvalue weighted by Gasteiger charge is 2.16. The van der Waals surface area contributed by atoms with Gasteiger partial charge in [0, 0.05) is 12.2 Å². The lowest BCUT2D eigenvalue weighted by Gasteiger charge is -2.13. The molecule has 94 valence electrons. The number of nitrogens with one attached hydrogen (secondary N) is 1. The Kier molecular flexibility index (Phi) is 5.18. The molecule has 1 amide bonds. The molecule has 3 nitrogen and oxygen atoms in total. The third-order valence-electron chi connectivity index (χ3n) is 2.40. The van der Waals surface area contributed by atoms with Crippen LogP contribution >= 0.6 is 23.2 Å². The van der Waals surface area contributed by atoms with Crippen molar-refractivity contribution >= 4 is 34.8 Å². The van der Waals surface area contributed by atoms with Crippen LogP contribution in [0.2, 0.25) is 10.0 Å². The van der Waals surface area contributed by atoms with Gasteiger partial charge in [0.2, 0.25) is 5.91 Å². The zero-order valence-electron chi connectivity index (χ0n) is 9.27. The standard InChI is InChI=1S/C11H13Cl2FN2O/c1-2-6(5-15)11(17)16-7-3-8(12)10(14)9(13)4-7/h3-4,6H,2,5,15H2,1H3,(H,16,17). The van der Waals surface area contributed by atoms with E-state index in [0.29, 0.717) is 12.1 Å². The lowest BCUT2D eigenvalue weighted by molar-refractivity contribution is -0.119. The van der Waals surface area contributed by atoms with Gasteiger partial charge in [-0.3, -0.25) is 4.79 Å². The number of anilines is 1. The van der Waals surface area contributed by atoms with E-state index in [9.17, 15) is 9.18 Å². The van der Waals surface area contributed by atoms with Crippen LogP contribution < -0.4 is 11.1 Å². The largest absolute Gasteiger partial charge is 0.330 e. The number of amides is 1. The average Bonchev–Trinajstić information content (AvgIpc) is 2.27. The van der Waals surface area contributed by atoms with Crippen LogP contribution in [-0.2, 0) is 4.79 Å². The fourth-order valence-corrected chi connectivity index (χ4v) is 1.82. The van der Waals surface area contributed by atoms with Gasteiger partial charge in [-0.05, 0) is 18.6 Å². The topological polar surface area (TPSA) is 55.1 Å². The van der Waals surface area contributed by atoms with Crippen LogP contribution in [0.25, 0.3) is 0 Å². The van der Waals surface area contributed by atoms with Crippen molar-refractivity contribution in [1.82, 2.24) is 0 Å². The molecule has 0 heterocycles. The van der Waals surface area contributed by atoms with Crippen molar-refractivity contribution in [3.8, 4) is 0 Å². The molecule has 0 radical (unpaired) electrons. The van der Waals surface area contributed by atoms with Gasteiger partial charge < -0.3 is 11.1 Å². The number of benzene rings is 1. The summed E-state index contributed by atoms with van der Waals surface area (Å²) in [5, 5.41) is 2.34. The second-order valence-electron chi connectivity index (χ2n) is 3.58. The van der Waals surface area contributed by atoms with E-state index in [1.165, 1.54) is 12.1 Å². The maximum absolute atomic E-state index is 13.1. The Morgan fingerprint density at radius 2 is 2.00 bits per heavy atom. The zero-order valence-corrected chi connectivity index (χ0v) is 10.8. The minimum atomic E-state index is -0.697. The zero-order chi connectivity index (χ0) is 13.0. The van der Waals surface area contributed by atoms with Crippen molar-refractivity contribution < 1.29 is 9.18 Å².